The lowest BCUT2D eigenvalue weighted by Crippen LogP contribution is -2.28. The van der Waals surface area contributed by atoms with Gasteiger partial charge in [-0.1, -0.05) is 19.1 Å². The minimum absolute atomic E-state index is 0.00931. The van der Waals surface area contributed by atoms with Crippen LogP contribution >= 0.6 is 0 Å². The number of carbonyl (C=O) groups excluding carboxylic acids is 1. The number of benzene rings is 1. The Morgan fingerprint density at radius 3 is 2.58 bits per heavy atom. The Bertz CT molecular complexity index is 430. The lowest BCUT2D eigenvalue weighted by Gasteiger charge is -2.17. The third-order valence-electron chi connectivity index (χ3n) is 3.99. The number of aliphatic hydroxyl groups is 1. The molecular formula is C15H21NO3. The molecule has 1 aliphatic rings. The molecule has 0 saturated carbocycles. The van der Waals surface area contributed by atoms with Crippen LogP contribution in [0.1, 0.15) is 18.9 Å². The predicted octanol–water partition coefficient (Wildman–Crippen LogP) is 1.37. The van der Waals surface area contributed by atoms with Gasteiger partial charge in [-0.05, 0) is 36.5 Å². The molecule has 0 aliphatic carbocycles. The first-order valence-corrected chi connectivity index (χ1v) is 6.70. The molecule has 1 aromatic rings. The molecular weight excluding hydrogens is 242 g/mol. The summed E-state index contributed by atoms with van der Waals surface area (Å²) in [6.07, 6.45) is 1.37. The van der Waals surface area contributed by atoms with Crippen LogP contribution in [0.4, 0.5) is 0 Å². The average Bonchev–Trinajstić information content (AvgIpc) is 2.68. The molecule has 1 saturated heterocycles. The van der Waals surface area contributed by atoms with E-state index in [1.807, 2.05) is 24.3 Å². The second-order valence-corrected chi connectivity index (χ2v) is 5.15. The molecule has 3 atom stereocenters. The number of amides is 1. The number of hydrogen-bond donors (Lipinski definition) is 2. The van der Waals surface area contributed by atoms with Gasteiger partial charge >= 0.3 is 0 Å². The van der Waals surface area contributed by atoms with Crippen molar-refractivity contribution in [3.63, 3.8) is 0 Å². The molecule has 4 heteroatoms. The molecule has 1 fully saturated rings. The highest BCUT2D eigenvalue weighted by molar-refractivity contribution is 5.82. The van der Waals surface area contributed by atoms with Gasteiger partial charge < -0.3 is 15.2 Å². The molecule has 0 radical (unpaired) electrons. The van der Waals surface area contributed by atoms with Crippen molar-refractivity contribution >= 4 is 5.91 Å². The van der Waals surface area contributed by atoms with Crippen LogP contribution in [-0.2, 0) is 11.2 Å². The van der Waals surface area contributed by atoms with Crippen molar-refractivity contribution < 1.29 is 14.6 Å². The van der Waals surface area contributed by atoms with Gasteiger partial charge in [-0.25, -0.2) is 0 Å². The van der Waals surface area contributed by atoms with Crippen molar-refractivity contribution in [1.29, 1.82) is 0 Å². The molecule has 2 rings (SSSR count). The summed E-state index contributed by atoms with van der Waals surface area (Å²) >= 11 is 0. The number of aliphatic hydroxyl groups excluding tert-OH is 1. The predicted molar refractivity (Wildman–Crippen MR) is 73.0 cm³/mol. The summed E-state index contributed by atoms with van der Waals surface area (Å²) < 4.78 is 5.12. The van der Waals surface area contributed by atoms with Crippen LogP contribution in [0.5, 0.6) is 5.75 Å². The maximum absolute atomic E-state index is 12.0. The van der Waals surface area contributed by atoms with Crippen LogP contribution in [0.25, 0.3) is 0 Å². The topological polar surface area (TPSA) is 58.6 Å². The van der Waals surface area contributed by atoms with Crippen LogP contribution in [-0.4, -0.2) is 30.8 Å². The van der Waals surface area contributed by atoms with Gasteiger partial charge in [-0.2, -0.15) is 0 Å². The molecule has 4 nitrogen and oxygen atoms in total. The highest BCUT2D eigenvalue weighted by Gasteiger charge is 2.38. The quantitative estimate of drug-likeness (QED) is 0.843. The molecule has 1 aliphatic heterocycles. The second-order valence-electron chi connectivity index (χ2n) is 5.15. The fourth-order valence-electron chi connectivity index (χ4n) is 2.71. The maximum Gasteiger partial charge on any atom is 0.224 e. The van der Waals surface area contributed by atoms with E-state index in [2.05, 4.69) is 12.2 Å². The summed E-state index contributed by atoms with van der Waals surface area (Å²) in [5.41, 5.74) is 1.14. The zero-order valence-corrected chi connectivity index (χ0v) is 11.4. The monoisotopic (exact) mass is 263 g/mol. The number of methoxy groups -OCH3 is 1. The van der Waals surface area contributed by atoms with E-state index in [9.17, 15) is 4.79 Å². The van der Waals surface area contributed by atoms with Gasteiger partial charge in [0, 0.05) is 18.6 Å². The largest absolute Gasteiger partial charge is 0.497 e. The number of rotatable bonds is 5. The van der Waals surface area contributed by atoms with Crippen LogP contribution in [0, 0.1) is 11.8 Å². The number of nitrogens with one attached hydrogen (secondary N) is 1. The van der Waals surface area contributed by atoms with Gasteiger partial charge in [0.25, 0.3) is 0 Å². The SMILES string of the molecule is COc1ccc(CC2C(=O)NC(CCO)C2C)cc1. The molecule has 1 amide bonds. The maximum atomic E-state index is 12.0. The standard InChI is InChI=1S/C15H21NO3/c1-10-13(15(18)16-14(10)7-8-17)9-11-3-5-12(19-2)6-4-11/h3-6,10,13-14,17H,7-9H2,1-2H3,(H,16,18). The Morgan fingerprint density at radius 2 is 2.00 bits per heavy atom. The van der Waals surface area contributed by atoms with E-state index in [1.54, 1.807) is 7.11 Å². The van der Waals surface area contributed by atoms with Crippen LogP contribution in [0.3, 0.4) is 0 Å². The van der Waals surface area contributed by atoms with Crippen molar-refractivity contribution in [3.8, 4) is 5.75 Å². The zero-order valence-electron chi connectivity index (χ0n) is 11.4. The van der Waals surface area contributed by atoms with Gasteiger partial charge in [-0.15, -0.1) is 0 Å². The summed E-state index contributed by atoms with van der Waals surface area (Å²) in [5.74, 6) is 1.17. The van der Waals surface area contributed by atoms with E-state index in [4.69, 9.17) is 9.84 Å². The van der Waals surface area contributed by atoms with E-state index >= 15 is 0 Å². The normalized spacial score (nSPS) is 26.3. The molecule has 19 heavy (non-hydrogen) atoms. The summed E-state index contributed by atoms with van der Waals surface area (Å²) in [4.78, 5) is 12.0. The van der Waals surface area contributed by atoms with Gasteiger partial charge in [0.15, 0.2) is 0 Å². The summed E-state index contributed by atoms with van der Waals surface area (Å²) in [5, 5.41) is 12.0. The average molecular weight is 263 g/mol. The van der Waals surface area contributed by atoms with E-state index in [-0.39, 0.29) is 30.4 Å². The lowest BCUT2D eigenvalue weighted by molar-refractivity contribution is -0.122. The Balaban J connectivity index is 2.03. The van der Waals surface area contributed by atoms with E-state index < -0.39 is 0 Å². The Morgan fingerprint density at radius 1 is 1.32 bits per heavy atom. The van der Waals surface area contributed by atoms with Gasteiger partial charge in [0.1, 0.15) is 5.75 Å². The van der Waals surface area contributed by atoms with E-state index in [0.717, 1.165) is 17.7 Å². The summed E-state index contributed by atoms with van der Waals surface area (Å²) in [7, 11) is 1.64. The summed E-state index contributed by atoms with van der Waals surface area (Å²) in [6, 6.07) is 7.92. The van der Waals surface area contributed by atoms with Gasteiger partial charge in [-0.3, -0.25) is 4.79 Å². The van der Waals surface area contributed by atoms with Crippen LogP contribution in [0.2, 0.25) is 0 Å². The fourth-order valence-corrected chi connectivity index (χ4v) is 2.71. The summed E-state index contributed by atoms with van der Waals surface area (Å²) in [6.45, 7) is 2.19. The van der Waals surface area contributed by atoms with Crippen molar-refractivity contribution in [1.82, 2.24) is 5.32 Å². The van der Waals surface area contributed by atoms with Gasteiger partial charge in [0.05, 0.1) is 7.11 Å². The van der Waals surface area contributed by atoms with Crippen molar-refractivity contribution in [2.75, 3.05) is 13.7 Å². The third-order valence-corrected chi connectivity index (χ3v) is 3.99. The number of hydrogen-bond acceptors (Lipinski definition) is 3. The van der Waals surface area contributed by atoms with E-state index in [1.165, 1.54) is 0 Å². The zero-order chi connectivity index (χ0) is 13.8. The van der Waals surface area contributed by atoms with Crippen LogP contribution in [0.15, 0.2) is 24.3 Å². The molecule has 1 aromatic carbocycles. The number of ether oxygens (including phenoxy) is 1. The van der Waals surface area contributed by atoms with Gasteiger partial charge in [0.2, 0.25) is 5.91 Å². The number of carbonyl (C=O) groups is 1. The van der Waals surface area contributed by atoms with Crippen molar-refractivity contribution in [3.05, 3.63) is 29.8 Å². The molecule has 0 bridgehead atoms. The third kappa shape index (κ3) is 3.07. The molecule has 0 spiro atoms. The first-order chi connectivity index (χ1) is 9.15. The smallest absolute Gasteiger partial charge is 0.224 e. The minimum Gasteiger partial charge on any atom is -0.497 e. The molecule has 1 heterocycles. The fraction of sp³-hybridized carbons (Fsp3) is 0.533. The lowest BCUT2D eigenvalue weighted by atomic mass is 9.86. The van der Waals surface area contributed by atoms with Crippen LogP contribution < -0.4 is 10.1 Å². The molecule has 3 unspecified atom stereocenters. The van der Waals surface area contributed by atoms with Crippen molar-refractivity contribution in [2.24, 2.45) is 11.8 Å². The Kier molecular flexibility index (Phi) is 4.43. The Labute approximate surface area is 113 Å². The highest BCUT2D eigenvalue weighted by atomic mass is 16.5. The van der Waals surface area contributed by atoms with E-state index in [0.29, 0.717) is 6.42 Å². The highest BCUT2D eigenvalue weighted by Crippen LogP contribution is 2.28. The first-order valence-electron chi connectivity index (χ1n) is 6.70. The minimum atomic E-state index is -0.00931. The first kappa shape index (κ1) is 13.9. The molecule has 104 valence electrons. The van der Waals surface area contributed by atoms with Crippen molar-refractivity contribution in [2.45, 2.75) is 25.8 Å². The Hall–Kier alpha value is -1.55. The molecule has 0 aromatic heterocycles. The molecule has 2 N–H and O–H groups in total. The second kappa shape index (κ2) is 6.06.